The van der Waals surface area contributed by atoms with E-state index in [9.17, 15) is 4.79 Å². The second kappa shape index (κ2) is 10.9. The van der Waals surface area contributed by atoms with Crippen molar-refractivity contribution in [2.75, 3.05) is 0 Å². The Kier molecular flexibility index (Phi) is 7.31. The molecule has 1 amide bonds. The van der Waals surface area contributed by atoms with Crippen LogP contribution in [0.15, 0.2) is 76.3 Å². The zero-order valence-electron chi connectivity index (χ0n) is 19.1. The summed E-state index contributed by atoms with van der Waals surface area (Å²) in [5.41, 5.74) is 3.85. The average molecular weight is 505 g/mol. The zero-order valence-corrected chi connectivity index (χ0v) is 20.7. The number of ether oxygens (including phenoxy) is 1. The normalized spacial score (nSPS) is 13.1. The van der Waals surface area contributed by atoms with Crippen molar-refractivity contribution in [1.29, 1.82) is 0 Å². The molecule has 7 heteroatoms. The molecule has 0 fully saturated rings. The molecule has 0 atom stereocenters. The molecular formula is C28H25ClN2O3S. The molecule has 2 heterocycles. The van der Waals surface area contributed by atoms with Crippen LogP contribution in [0.5, 0.6) is 5.75 Å². The van der Waals surface area contributed by atoms with E-state index in [2.05, 4.69) is 5.32 Å². The van der Waals surface area contributed by atoms with Crippen molar-refractivity contribution in [2.24, 2.45) is 4.99 Å². The average Bonchev–Trinajstić information content (AvgIpc) is 3.54. The molecule has 1 aliphatic rings. The summed E-state index contributed by atoms with van der Waals surface area (Å²) >= 11 is 7.56. The molecule has 0 saturated carbocycles. The maximum absolute atomic E-state index is 13.1. The quantitative estimate of drug-likeness (QED) is 0.259. The predicted octanol–water partition coefficient (Wildman–Crippen LogP) is 7.13. The molecule has 1 N–H and O–H groups in total. The maximum atomic E-state index is 13.1. The lowest BCUT2D eigenvalue weighted by Gasteiger charge is -2.12. The van der Waals surface area contributed by atoms with E-state index in [1.54, 1.807) is 17.6 Å². The molecule has 0 saturated heterocycles. The standard InChI is InChI=1S/C28H25ClN2O3S/c29-21-11-7-20(8-12-21)18-34-22-13-9-19(10-14-22)16-31-28-26(24-5-1-2-6-25(24)35-28)27(32)30-17-23-4-3-15-33-23/h3-4,7-16H,1-2,5-6,17-18H2,(H,30,32)/b31-16-. The maximum Gasteiger partial charge on any atom is 0.255 e. The second-order valence-corrected chi connectivity index (χ2v) is 9.92. The van der Waals surface area contributed by atoms with Gasteiger partial charge in [-0.1, -0.05) is 23.7 Å². The number of aryl methyl sites for hydroxylation is 1. The van der Waals surface area contributed by atoms with Crippen LogP contribution in [-0.4, -0.2) is 12.1 Å². The van der Waals surface area contributed by atoms with E-state index in [0.29, 0.717) is 23.7 Å². The zero-order chi connectivity index (χ0) is 24.0. The number of nitrogens with one attached hydrogen (secondary N) is 1. The number of carbonyl (C=O) groups is 1. The molecule has 5 rings (SSSR count). The molecule has 178 valence electrons. The second-order valence-electron chi connectivity index (χ2n) is 8.40. The molecule has 0 aliphatic heterocycles. The third-order valence-electron chi connectivity index (χ3n) is 5.91. The molecule has 2 aromatic carbocycles. The molecule has 0 unspecified atom stereocenters. The number of carbonyl (C=O) groups excluding carboxylic acids is 1. The van der Waals surface area contributed by atoms with Gasteiger partial charge in [0.2, 0.25) is 0 Å². The van der Waals surface area contributed by atoms with Crippen LogP contribution in [0.1, 0.15) is 50.5 Å². The molecule has 0 bridgehead atoms. The Morgan fingerprint density at radius 3 is 2.66 bits per heavy atom. The minimum atomic E-state index is -0.0982. The molecule has 0 radical (unpaired) electrons. The number of nitrogens with zero attached hydrogens (tertiary/aromatic N) is 1. The van der Waals surface area contributed by atoms with Gasteiger partial charge in [-0.05, 0) is 90.9 Å². The minimum absolute atomic E-state index is 0.0982. The van der Waals surface area contributed by atoms with Crippen molar-refractivity contribution in [3.05, 3.63) is 105 Å². The highest BCUT2D eigenvalue weighted by molar-refractivity contribution is 7.16. The van der Waals surface area contributed by atoms with Crippen LogP contribution in [0.3, 0.4) is 0 Å². The number of halogens is 1. The van der Waals surface area contributed by atoms with E-state index >= 15 is 0 Å². The number of hydrogen-bond donors (Lipinski definition) is 1. The number of fused-ring (bicyclic) bond motifs is 1. The van der Waals surface area contributed by atoms with E-state index in [0.717, 1.165) is 58.9 Å². The van der Waals surface area contributed by atoms with Crippen molar-refractivity contribution >= 4 is 40.1 Å². The lowest BCUT2D eigenvalue weighted by molar-refractivity contribution is 0.0948. The fourth-order valence-electron chi connectivity index (χ4n) is 4.08. The van der Waals surface area contributed by atoms with Crippen LogP contribution in [0, 0.1) is 0 Å². The highest BCUT2D eigenvalue weighted by Gasteiger charge is 2.25. The smallest absolute Gasteiger partial charge is 0.255 e. The van der Waals surface area contributed by atoms with Gasteiger partial charge in [0.15, 0.2) is 0 Å². The summed E-state index contributed by atoms with van der Waals surface area (Å²) in [4.78, 5) is 19.1. The highest BCUT2D eigenvalue weighted by Crippen LogP contribution is 2.40. The minimum Gasteiger partial charge on any atom is -0.489 e. The summed E-state index contributed by atoms with van der Waals surface area (Å²) in [7, 11) is 0. The van der Waals surface area contributed by atoms with Crippen LogP contribution in [0.2, 0.25) is 5.02 Å². The number of furan rings is 1. The van der Waals surface area contributed by atoms with E-state index in [4.69, 9.17) is 25.7 Å². The predicted molar refractivity (Wildman–Crippen MR) is 140 cm³/mol. The van der Waals surface area contributed by atoms with Gasteiger partial charge in [-0.3, -0.25) is 4.79 Å². The Hall–Kier alpha value is -3.35. The Morgan fingerprint density at radius 1 is 1.09 bits per heavy atom. The van der Waals surface area contributed by atoms with Gasteiger partial charge < -0.3 is 14.5 Å². The van der Waals surface area contributed by atoms with E-state index in [1.165, 1.54) is 4.88 Å². The topological polar surface area (TPSA) is 63.8 Å². The highest BCUT2D eigenvalue weighted by atomic mass is 35.5. The summed E-state index contributed by atoms with van der Waals surface area (Å²) in [6.45, 7) is 0.832. The van der Waals surface area contributed by atoms with Crippen molar-refractivity contribution in [2.45, 2.75) is 38.8 Å². The summed E-state index contributed by atoms with van der Waals surface area (Å²) in [5.74, 6) is 1.41. The van der Waals surface area contributed by atoms with Crippen LogP contribution in [0.25, 0.3) is 0 Å². The Bertz CT molecular complexity index is 1310. The first-order chi connectivity index (χ1) is 17.2. The van der Waals surface area contributed by atoms with Gasteiger partial charge in [0, 0.05) is 16.1 Å². The monoisotopic (exact) mass is 504 g/mol. The number of aliphatic imine (C=N–C) groups is 1. The van der Waals surface area contributed by atoms with Gasteiger partial charge in [0.25, 0.3) is 5.91 Å². The third-order valence-corrected chi connectivity index (χ3v) is 7.36. The van der Waals surface area contributed by atoms with Gasteiger partial charge in [0.1, 0.15) is 23.1 Å². The van der Waals surface area contributed by atoms with Gasteiger partial charge >= 0.3 is 0 Å². The Morgan fingerprint density at radius 2 is 1.89 bits per heavy atom. The van der Waals surface area contributed by atoms with Crippen molar-refractivity contribution in [3.63, 3.8) is 0 Å². The number of hydrogen-bond acceptors (Lipinski definition) is 5. The van der Waals surface area contributed by atoms with E-state index in [-0.39, 0.29) is 5.91 Å². The largest absolute Gasteiger partial charge is 0.489 e. The molecule has 1 aliphatic carbocycles. The Labute approximate surface area is 213 Å². The SMILES string of the molecule is O=C(NCc1ccco1)c1c(/N=C\c2ccc(OCc3ccc(Cl)cc3)cc2)sc2c1CCCC2. The first-order valence-corrected chi connectivity index (χ1v) is 12.8. The molecular weight excluding hydrogens is 480 g/mol. The molecule has 2 aromatic heterocycles. The van der Waals surface area contributed by atoms with Crippen molar-refractivity contribution in [3.8, 4) is 5.75 Å². The van der Waals surface area contributed by atoms with Gasteiger partial charge in [-0.2, -0.15) is 0 Å². The molecule has 4 aromatic rings. The fraction of sp³-hybridized carbons (Fsp3) is 0.214. The third kappa shape index (κ3) is 5.84. The summed E-state index contributed by atoms with van der Waals surface area (Å²) in [5, 5.41) is 4.46. The fourth-order valence-corrected chi connectivity index (χ4v) is 5.43. The van der Waals surface area contributed by atoms with Crippen LogP contribution >= 0.6 is 22.9 Å². The van der Waals surface area contributed by atoms with E-state index < -0.39 is 0 Å². The lowest BCUT2D eigenvalue weighted by atomic mass is 9.95. The Balaban J connectivity index is 1.28. The first kappa shape index (κ1) is 23.4. The van der Waals surface area contributed by atoms with E-state index in [1.807, 2.05) is 66.9 Å². The van der Waals surface area contributed by atoms with Gasteiger partial charge in [-0.25, -0.2) is 4.99 Å². The van der Waals surface area contributed by atoms with Crippen molar-refractivity contribution < 1.29 is 13.9 Å². The van der Waals surface area contributed by atoms with Gasteiger partial charge in [-0.15, -0.1) is 11.3 Å². The van der Waals surface area contributed by atoms with Crippen LogP contribution in [0.4, 0.5) is 5.00 Å². The summed E-state index contributed by atoms with van der Waals surface area (Å²) < 4.78 is 11.2. The summed E-state index contributed by atoms with van der Waals surface area (Å²) in [6, 6.07) is 19.1. The molecule has 35 heavy (non-hydrogen) atoms. The first-order valence-electron chi connectivity index (χ1n) is 11.6. The van der Waals surface area contributed by atoms with Crippen LogP contribution in [-0.2, 0) is 26.0 Å². The number of benzene rings is 2. The lowest BCUT2D eigenvalue weighted by Crippen LogP contribution is -2.23. The van der Waals surface area contributed by atoms with Gasteiger partial charge in [0.05, 0.1) is 18.4 Å². The van der Waals surface area contributed by atoms with Crippen LogP contribution < -0.4 is 10.1 Å². The molecule has 5 nitrogen and oxygen atoms in total. The summed E-state index contributed by atoms with van der Waals surface area (Å²) in [6.07, 6.45) is 7.60. The number of rotatable bonds is 8. The van der Waals surface area contributed by atoms with Crippen molar-refractivity contribution in [1.82, 2.24) is 5.32 Å². The molecule has 0 spiro atoms. The number of amides is 1. The number of thiophene rings is 1.